The van der Waals surface area contributed by atoms with E-state index in [-0.39, 0.29) is 56.4 Å². The van der Waals surface area contributed by atoms with E-state index < -0.39 is 6.04 Å². The first-order valence-corrected chi connectivity index (χ1v) is 17.3. The van der Waals surface area contributed by atoms with Gasteiger partial charge in [0, 0.05) is 51.1 Å². The van der Waals surface area contributed by atoms with Crippen molar-refractivity contribution in [3.63, 3.8) is 0 Å². The molecule has 4 heterocycles. The van der Waals surface area contributed by atoms with Gasteiger partial charge in [0.15, 0.2) is 0 Å². The van der Waals surface area contributed by atoms with Crippen LogP contribution in [0.1, 0.15) is 52.4 Å². The molecular formula is C38H43N7O6. The number of amides is 4. The van der Waals surface area contributed by atoms with Crippen LogP contribution in [0.2, 0.25) is 0 Å². The molecule has 2 aromatic carbocycles. The summed E-state index contributed by atoms with van der Waals surface area (Å²) in [5.74, 6) is -0.480. The number of rotatable bonds is 5. The molecule has 13 heteroatoms. The van der Waals surface area contributed by atoms with Gasteiger partial charge in [0.25, 0.3) is 5.91 Å². The predicted octanol–water partition coefficient (Wildman–Crippen LogP) is 2.92. The molecule has 2 aromatic heterocycles. The van der Waals surface area contributed by atoms with Crippen LogP contribution in [0.5, 0.6) is 5.75 Å². The molecule has 6 bridgehead atoms. The lowest BCUT2D eigenvalue weighted by molar-refractivity contribution is -0.138. The van der Waals surface area contributed by atoms with Crippen LogP contribution in [0.3, 0.4) is 0 Å². The van der Waals surface area contributed by atoms with E-state index in [1.54, 1.807) is 30.4 Å². The first-order chi connectivity index (χ1) is 24.8. The minimum absolute atomic E-state index is 0.000598. The fraction of sp³-hybridized carbons (Fsp3) is 0.368. The molecule has 6 rings (SSSR count). The zero-order chi connectivity index (χ0) is 35.7. The van der Waals surface area contributed by atoms with E-state index in [0.717, 1.165) is 16.8 Å². The van der Waals surface area contributed by atoms with Crippen molar-refractivity contribution in [2.24, 2.45) is 0 Å². The Bertz CT molecular complexity index is 1880. The molecule has 1 atom stereocenters. The number of hydrogen-bond acceptors (Lipinski definition) is 8. The maximum Gasteiger partial charge on any atom is 0.256 e. The van der Waals surface area contributed by atoms with Crippen LogP contribution in [-0.2, 0) is 32.1 Å². The third-order valence-corrected chi connectivity index (χ3v) is 9.05. The zero-order valence-corrected chi connectivity index (χ0v) is 29.0. The van der Waals surface area contributed by atoms with Crippen LogP contribution < -0.4 is 15.4 Å². The number of benzene rings is 2. The lowest BCUT2D eigenvalue weighted by atomic mass is 9.95. The van der Waals surface area contributed by atoms with E-state index in [9.17, 15) is 19.2 Å². The van der Waals surface area contributed by atoms with Crippen molar-refractivity contribution in [3.05, 3.63) is 101 Å². The molecule has 0 radical (unpaired) electrons. The molecule has 0 aliphatic carbocycles. The van der Waals surface area contributed by atoms with Gasteiger partial charge in [-0.2, -0.15) is 0 Å². The Hall–Kier alpha value is -5.56. The highest BCUT2D eigenvalue weighted by molar-refractivity contribution is 6.03. The van der Waals surface area contributed by atoms with Crippen molar-refractivity contribution in [1.82, 2.24) is 35.0 Å². The van der Waals surface area contributed by atoms with Crippen LogP contribution in [0.25, 0.3) is 11.1 Å². The number of fused-ring (bicyclic) bond motifs is 3. The van der Waals surface area contributed by atoms with Crippen LogP contribution in [-0.4, -0.2) is 101 Å². The predicted molar refractivity (Wildman–Crippen MR) is 189 cm³/mol. The summed E-state index contributed by atoms with van der Waals surface area (Å²) in [5.41, 5.74) is 4.92. The van der Waals surface area contributed by atoms with E-state index in [4.69, 9.17) is 14.5 Å². The molecule has 2 aliphatic heterocycles. The standard InChI is InChI=1S/C38H43N7O6/c1-3-50-24-34(48)45-18-14-31-36-37(45)28-11-7-12-29(21-28)51-20-8-15-40-32(46)22-43(19-17-41-33(47)23-44(31)25-42-36)38(49)35-26(2)39-16-13-30(35)27-9-5-4-6-10-27/h4-7,9-13,16,21,25,37H,3,8,14-15,17-20,22-24H2,1-2H3,(H,40,46)(H,41,47). The quantitative estimate of drug-likeness (QED) is 0.325. The highest BCUT2D eigenvalue weighted by atomic mass is 16.5. The number of aromatic nitrogens is 3. The first-order valence-electron chi connectivity index (χ1n) is 17.3. The third-order valence-electron chi connectivity index (χ3n) is 9.05. The Morgan fingerprint density at radius 2 is 1.76 bits per heavy atom. The van der Waals surface area contributed by atoms with Gasteiger partial charge in [-0.3, -0.25) is 24.2 Å². The molecule has 13 nitrogen and oxygen atoms in total. The molecule has 4 aromatic rings. The number of imidazole rings is 1. The normalized spacial score (nSPS) is 17.2. The van der Waals surface area contributed by atoms with Crippen LogP contribution in [0, 0.1) is 6.92 Å². The van der Waals surface area contributed by atoms with Crippen molar-refractivity contribution in [2.75, 3.05) is 52.5 Å². The molecule has 266 valence electrons. The van der Waals surface area contributed by atoms with Gasteiger partial charge in [-0.15, -0.1) is 0 Å². The zero-order valence-electron chi connectivity index (χ0n) is 29.0. The second-order valence-electron chi connectivity index (χ2n) is 12.5. The minimum Gasteiger partial charge on any atom is -0.494 e. The number of carbonyl (C=O) groups is 4. The summed E-state index contributed by atoms with van der Waals surface area (Å²) in [5, 5.41) is 5.83. The maximum atomic E-state index is 14.2. The molecule has 1 unspecified atom stereocenters. The number of carbonyl (C=O) groups excluding carboxylic acids is 4. The Kier molecular flexibility index (Phi) is 11.4. The summed E-state index contributed by atoms with van der Waals surface area (Å²) in [6.07, 6.45) is 4.33. The Balaban J connectivity index is 1.27. The van der Waals surface area contributed by atoms with E-state index in [1.165, 1.54) is 4.90 Å². The Labute approximate surface area is 297 Å². The molecule has 2 aliphatic rings. The molecular weight excluding hydrogens is 650 g/mol. The van der Waals surface area contributed by atoms with Gasteiger partial charge in [-0.05, 0) is 55.2 Å². The van der Waals surface area contributed by atoms with Crippen LogP contribution in [0.4, 0.5) is 0 Å². The van der Waals surface area contributed by atoms with Gasteiger partial charge in [0.2, 0.25) is 17.7 Å². The first kappa shape index (κ1) is 35.3. The van der Waals surface area contributed by atoms with E-state index in [1.807, 2.05) is 66.1 Å². The summed E-state index contributed by atoms with van der Waals surface area (Å²) >= 11 is 0. The van der Waals surface area contributed by atoms with Gasteiger partial charge in [0.05, 0.1) is 36.4 Å². The molecule has 4 amide bonds. The summed E-state index contributed by atoms with van der Waals surface area (Å²) in [7, 11) is 0. The summed E-state index contributed by atoms with van der Waals surface area (Å²) in [6, 6.07) is 18.4. The maximum absolute atomic E-state index is 14.2. The molecule has 0 saturated heterocycles. The van der Waals surface area contributed by atoms with Crippen molar-refractivity contribution >= 4 is 23.6 Å². The van der Waals surface area contributed by atoms with Crippen molar-refractivity contribution in [3.8, 4) is 16.9 Å². The largest absolute Gasteiger partial charge is 0.494 e. The average molecular weight is 694 g/mol. The van der Waals surface area contributed by atoms with Gasteiger partial charge in [-0.1, -0.05) is 42.5 Å². The van der Waals surface area contributed by atoms with Gasteiger partial charge in [-0.25, -0.2) is 4.98 Å². The van der Waals surface area contributed by atoms with Crippen molar-refractivity contribution in [2.45, 2.75) is 39.3 Å². The Morgan fingerprint density at radius 3 is 2.59 bits per heavy atom. The molecule has 2 N–H and O–H groups in total. The highest BCUT2D eigenvalue weighted by Gasteiger charge is 2.35. The summed E-state index contributed by atoms with van der Waals surface area (Å²) < 4.78 is 13.3. The number of aryl methyl sites for hydroxylation is 1. The fourth-order valence-electron chi connectivity index (χ4n) is 6.58. The van der Waals surface area contributed by atoms with E-state index in [2.05, 4.69) is 15.6 Å². The smallest absolute Gasteiger partial charge is 0.256 e. The second-order valence-corrected chi connectivity index (χ2v) is 12.5. The molecule has 0 fully saturated rings. The molecule has 0 spiro atoms. The molecule has 0 saturated carbocycles. The average Bonchev–Trinajstić information content (AvgIpc) is 3.54. The van der Waals surface area contributed by atoms with E-state index >= 15 is 0 Å². The monoisotopic (exact) mass is 693 g/mol. The van der Waals surface area contributed by atoms with Gasteiger partial charge < -0.3 is 34.5 Å². The fourth-order valence-corrected chi connectivity index (χ4v) is 6.58. The number of pyridine rings is 1. The summed E-state index contributed by atoms with van der Waals surface area (Å²) in [4.78, 5) is 66.3. The van der Waals surface area contributed by atoms with Crippen molar-refractivity contribution < 1.29 is 28.7 Å². The van der Waals surface area contributed by atoms with Crippen LogP contribution in [0.15, 0.2) is 73.2 Å². The second kappa shape index (κ2) is 16.4. The number of nitrogens with zero attached hydrogens (tertiary/aromatic N) is 5. The van der Waals surface area contributed by atoms with E-state index in [0.29, 0.717) is 67.4 Å². The third kappa shape index (κ3) is 8.26. The minimum atomic E-state index is -0.490. The summed E-state index contributed by atoms with van der Waals surface area (Å²) in [6.45, 7) is 5.12. The number of hydrogen-bond donors (Lipinski definition) is 2. The molecule has 51 heavy (non-hydrogen) atoms. The van der Waals surface area contributed by atoms with Crippen molar-refractivity contribution in [1.29, 1.82) is 0 Å². The lowest BCUT2D eigenvalue weighted by Crippen LogP contribution is -2.45. The number of ether oxygens (including phenoxy) is 2. The highest BCUT2D eigenvalue weighted by Crippen LogP contribution is 2.36. The lowest BCUT2D eigenvalue weighted by Gasteiger charge is -2.36. The number of nitrogens with one attached hydrogen (secondary N) is 2. The van der Waals surface area contributed by atoms with Crippen LogP contribution >= 0.6 is 0 Å². The Morgan fingerprint density at radius 1 is 0.961 bits per heavy atom. The van der Waals surface area contributed by atoms with Gasteiger partial charge in [0.1, 0.15) is 24.9 Å². The topological polar surface area (TPSA) is 148 Å². The van der Waals surface area contributed by atoms with Gasteiger partial charge >= 0.3 is 0 Å². The SMILES string of the molecule is CCOCC(=O)N1CCc2c3ncn2CC(=O)NCCN(C(=O)c2c(-c4ccccc4)ccnc2C)CC(=O)NCCCOc2cccc(c2)C31.